The Morgan fingerprint density at radius 3 is 2.74 bits per heavy atom. The number of hydrogen-bond donors (Lipinski definition) is 4. The largest absolute Gasteiger partial charge is 0.323 e. The molecular formula is C11H15N5O2S. The summed E-state index contributed by atoms with van der Waals surface area (Å²) in [6.45, 7) is 1.74. The summed E-state index contributed by atoms with van der Waals surface area (Å²) >= 11 is 0. The maximum Gasteiger partial charge on any atom is 0.243 e. The number of sulfonamides is 1. The van der Waals surface area contributed by atoms with E-state index in [9.17, 15) is 8.42 Å². The second-order valence-corrected chi connectivity index (χ2v) is 5.70. The number of nitrogen functional groups attached to an aromatic ring is 1. The highest BCUT2D eigenvalue weighted by Gasteiger charge is 2.21. The normalized spacial score (nSPS) is 13.2. The van der Waals surface area contributed by atoms with Crippen LogP contribution in [0.2, 0.25) is 0 Å². The van der Waals surface area contributed by atoms with E-state index in [0.29, 0.717) is 5.69 Å². The Bertz CT molecular complexity index is 639. The fourth-order valence-corrected chi connectivity index (χ4v) is 3.08. The van der Waals surface area contributed by atoms with Gasteiger partial charge in [-0.15, -0.1) is 0 Å². The summed E-state index contributed by atoms with van der Waals surface area (Å²) < 4.78 is 27.1. The molecule has 0 bridgehead atoms. The van der Waals surface area contributed by atoms with Crippen molar-refractivity contribution < 1.29 is 8.42 Å². The van der Waals surface area contributed by atoms with Crippen molar-refractivity contribution >= 4 is 15.7 Å². The molecule has 1 heterocycles. The molecule has 7 nitrogen and oxygen atoms in total. The van der Waals surface area contributed by atoms with Crippen LogP contribution in [0.4, 0.5) is 5.69 Å². The predicted molar refractivity (Wildman–Crippen MR) is 71.6 cm³/mol. The summed E-state index contributed by atoms with van der Waals surface area (Å²) in [5.74, 6) is 5.32. The first kappa shape index (κ1) is 13.5. The van der Waals surface area contributed by atoms with Gasteiger partial charge in [0.2, 0.25) is 10.0 Å². The van der Waals surface area contributed by atoms with E-state index in [0.717, 1.165) is 5.56 Å². The first-order valence-corrected chi connectivity index (χ1v) is 7.09. The Hall–Kier alpha value is -1.90. The number of rotatable bonds is 5. The van der Waals surface area contributed by atoms with E-state index in [1.54, 1.807) is 37.5 Å². The van der Waals surface area contributed by atoms with Gasteiger partial charge in [-0.1, -0.05) is 12.1 Å². The lowest BCUT2D eigenvalue weighted by Gasteiger charge is -2.14. The van der Waals surface area contributed by atoms with E-state index >= 15 is 0 Å². The highest BCUT2D eigenvalue weighted by molar-refractivity contribution is 7.89. The van der Waals surface area contributed by atoms with Crippen molar-refractivity contribution in [3.8, 4) is 0 Å². The molecule has 0 spiro atoms. The fourth-order valence-electron chi connectivity index (χ4n) is 1.68. The highest BCUT2D eigenvalue weighted by Crippen LogP contribution is 2.22. The van der Waals surface area contributed by atoms with E-state index in [1.807, 2.05) is 0 Å². The molecule has 19 heavy (non-hydrogen) atoms. The van der Waals surface area contributed by atoms with Gasteiger partial charge in [0.25, 0.3) is 0 Å². The summed E-state index contributed by atoms with van der Waals surface area (Å²) in [4.78, 5) is 0.104. The number of aromatic nitrogens is 2. The monoisotopic (exact) mass is 281 g/mol. The molecule has 0 radical (unpaired) electrons. The third-order valence-corrected chi connectivity index (χ3v) is 4.28. The van der Waals surface area contributed by atoms with Crippen molar-refractivity contribution in [1.82, 2.24) is 14.9 Å². The average Bonchev–Trinajstić information content (AvgIpc) is 2.92. The summed E-state index contributed by atoms with van der Waals surface area (Å²) in [6, 6.07) is 6.03. The quantitative estimate of drug-likeness (QED) is 0.477. The molecule has 2 rings (SSSR count). The second-order valence-electron chi connectivity index (χ2n) is 4.02. The van der Waals surface area contributed by atoms with Crippen molar-refractivity contribution in [2.45, 2.75) is 17.9 Å². The van der Waals surface area contributed by atoms with Gasteiger partial charge < -0.3 is 5.43 Å². The summed E-state index contributed by atoms with van der Waals surface area (Å²) in [6.07, 6.45) is 3.21. The molecule has 1 unspecified atom stereocenters. The zero-order valence-corrected chi connectivity index (χ0v) is 11.1. The number of aromatic amines is 1. The number of nitrogens with two attached hydrogens (primary N) is 1. The minimum Gasteiger partial charge on any atom is -0.323 e. The number of anilines is 1. The minimum absolute atomic E-state index is 0.104. The molecular weight excluding hydrogens is 266 g/mol. The van der Waals surface area contributed by atoms with E-state index < -0.39 is 16.1 Å². The lowest BCUT2D eigenvalue weighted by atomic mass is 10.2. The second kappa shape index (κ2) is 5.39. The number of hydrazine groups is 1. The van der Waals surface area contributed by atoms with Crippen molar-refractivity contribution in [2.24, 2.45) is 5.84 Å². The van der Waals surface area contributed by atoms with Crippen LogP contribution in [0.25, 0.3) is 0 Å². The van der Waals surface area contributed by atoms with Crippen molar-refractivity contribution in [1.29, 1.82) is 0 Å². The summed E-state index contributed by atoms with van der Waals surface area (Å²) in [5.41, 5.74) is 3.47. The van der Waals surface area contributed by atoms with Gasteiger partial charge in [-0.05, 0) is 19.1 Å². The van der Waals surface area contributed by atoms with Gasteiger partial charge in [0.1, 0.15) is 4.90 Å². The molecule has 8 heteroatoms. The van der Waals surface area contributed by atoms with Gasteiger partial charge >= 0.3 is 0 Å². The van der Waals surface area contributed by atoms with Crippen LogP contribution in [0.5, 0.6) is 0 Å². The molecule has 0 aliphatic heterocycles. The summed E-state index contributed by atoms with van der Waals surface area (Å²) in [7, 11) is -3.66. The molecule has 0 aliphatic carbocycles. The maximum atomic E-state index is 12.3. The number of nitrogens with zero attached hydrogens (tertiary/aromatic N) is 1. The van der Waals surface area contributed by atoms with Gasteiger partial charge in [0.15, 0.2) is 0 Å². The van der Waals surface area contributed by atoms with Crippen LogP contribution in [-0.2, 0) is 10.0 Å². The lowest BCUT2D eigenvalue weighted by Crippen LogP contribution is -2.28. The molecule has 1 atom stereocenters. The standard InChI is InChI=1S/C11H15N5O2S/c1-8(9-6-13-14-7-9)16-19(17,18)11-5-3-2-4-10(11)15-12/h2-8,15-16H,12H2,1H3,(H,13,14). The molecule has 0 saturated carbocycles. The van der Waals surface area contributed by atoms with Gasteiger partial charge in [-0.3, -0.25) is 10.9 Å². The molecule has 5 N–H and O–H groups in total. The van der Waals surface area contributed by atoms with Crippen molar-refractivity contribution in [3.05, 3.63) is 42.2 Å². The average molecular weight is 281 g/mol. The molecule has 0 amide bonds. The Morgan fingerprint density at radius 2 is 2.11 bits per heavy atom. The minimum atomic E-state index is -3.66. The fraction of sp³-hybridized carbons (Fsp3) is 0.182. The molecule has 1 aromatic heterocycles. The van der Waals surface area contributed by atoms with Gasteiger partial charge in [0.05, 0.1) is 11.9 Å². The number of H-pyrrole nitrogens is 1. The maximum absolute atomic E-state index is 12.3. The third kappa shape index (κ3) is 2.92. The molecule has 102 valence electrons. The molecule has 0 saturated heterocycles. The first-order valence-electron chi connectivity index (χ1n) is 5.61. The van der Waals surface area contributed by atoms with Crippen LogP contribution < -0.4 is 16.0 Å². The Balaban J connectivity index is 2.28. The van der Waals surface area contributed by atoms with Gasteiger partial charge in [-0.2, -0.15) is 5.10 Å². The zero-order chi connectivity index (χ0) is 13.9. The lowest BCUT2D eigenvalue weighted by molar-refractivity contribution is 0.567. The van der Waals surface area contributed by atoms with Crippen LogP contribution in [0.1, 0.15) is 18.5 Å². The first-order chi connectivity index (χ1) is 9.04. The Morgan fingerprint density at radius 1 is 1.37 bits per heavy atom. The Kier molecular flexibility index (Phi) is 3.84. The number of hydrogen-bond acceptors (Lipinski definition) is 5. The van der Waals surface area contributed by atoms with E-state index in [-0.39, 0.29) is 4.90 Å². The van der Waals surface area contributed by atoms with Crippen molar-refractivity contribution in [3.63, 3.8) is 0 Å². The van der Waals surface area contributed by atoms with Crippen LogP contribution in [-0.4, -0.2) is 18.6 Å². The molecule has 0 aliphatic rings. The Labute approximate surface area is 111 Å². The van der Waals surface area contributed by atoms with Gasteiger partial charge in [0, 0.05) is 17.8 Å². The van der Waals surface area contributed by atoms with Crippen LogP contribution in [0, 0.1) is 0 Å². The van der Waals surface area contributed by atoms with Gasteiger partial charge in [-0.25, -0.2) is 13.1 Å². The predicted octanol–water partition coefficient (Wildman–Crippen LogP) is 0.735. The SMILES string of the molecule is CC(NS(=O)(=O)c1ccccc1NN)c1cn[nH]c1. The third-order valence-electron chi connectivity index (χ3n) is 2.68. The summed E-state index contributed by atoms with van der Waals surface area (Å²) in [5, 5.41) is 6.43. The smallest absolute Gasteiger partial charge is 0.243 e. The van der Waals surface area contributed by atoms with E-state index in [2.05, 4.69) is 20.3 Å². The zero-order valence-electron chi connectivity index (χ0n) is 10.3. The molecule has 2 aromatic rings. The molecule has 1 aromatic carbocycles. The number of para-hydroxylation sites is 1. The van der Waals surface area contributed by atoms with Crippen LogP contribution in [0.15, 0.2) is 41.6 Å². The van der Waals surface area contributed by atoms with E-state index in [1.165, 1.54) is 6.07 Å². The topological polar surface area (TPSA) is 113 Å². The number of nitrogens with one attached hydrogen (secondary N) is 3. The van der Waals surface area contributed by atoms with Crippen LogP contribution in [0.3, 0.4) is 0 Å². The van der Waals surface area contributed by atoms with Crippen LogP contribution >= 0.6 is 0 Å². The number of benzene rings is 1. The molecule has 0 fully saturated rings. The van der Waals surface area contributed by atoms with Crippen molar-refractivity contribution in [2.75, 3.05) is 5.43 Å². The van der Waals surface area contributed by atoms with E-state index in [4.69, 9.17) is 5.84 Å². The highest BCUT2D eigenvalue weighted by atomic mass is 32.2.